The number of hydrogen-bond donors (Lipinski definition) is 1. The number of fused-ring (bicyclic) bond motifs is 2. The van der Waals surface area contributed by atoms with Crippen molar-refractivity contribution in [1.29, 1.82) is 0 Å². The number of rotatable bonds is 8. The van der Waals surface area contributed by atoms with E-state index in [4.69, 9.17) is 4.74 Å². The van der Waals surface area contributed by atoms with Crippen molar-refractivity contribution in [2.45, 2.75) is 30.6 Å². The summed E-state index contributed by atoms with van der Waals surface area (Å²) in [6.45, 7) is 1.84. The van der Waals surface area contributed by atoms with Gasteiger partial charge in [-0.1, -0.05) is 43.3 Å². The summed E-state index contributed by atoms with van der Waals surface area (Å²) >= 11 is 0. The number of benzene rings is 3. The molecule has 0 bridgehead atoms. The smallest absolute Gasteiger partial charge is 0.247 e. The maximum absolute atomic E-state index is 13.2. The molecule has 6 rings (SSSR count). The second-order valence-corrected chi connectivity index (χ2v) is 12.2. The number of ketones is 1. The molecular weight excluding hydrogens is 543 g/mol. The maximum Gasteiger partial charge on any atom is 0.247 e. The van der Waals surface area contributed by atoms with E-state index >= 15 is 0 Å². The highest BCUT2D eigenvalue weighted by Gasteiger charge is 2.28. The fourth-order valence-electron chi connectivity index (χ4n) is 5.05. The van der Waals surface area contributed by atoms with Gasteiger partial charge in [0.1, 0.15) is 17.3 Å². The molecule has 0 aliphatic carbocycles. The van der Waals surface area contributed by atoms with Gasteiger partial charge in [0.2, 0.25) is 5.95 Å². The van der Waals surface area contributed by atoms with Crippen LogP contribution in [0.4, 0.5) is 16.0 Å². The van der Waals surface area contributed by atoms with Crippen LogP contribution in [0.2, 0.25) is 0 Å². The molecule has 2 aromatic heterocycles. The number of anilines is 2. The van der Waals surface area contributed by atoms with E-state index in [9.17, 15) is 17.6 Å². The molecular formula is C31H27FN4O4S. The van der Waals surface area contributed by atoms with Crippen LogP contribution in [0.5, 0.6) is 5.75 Å². The van der Waals surface area contributed by atoms with Gasteiger partial charge in [-0.05, 0) is 64.6 Å². The molecule has 0 unspecified atom stereocenters. The van der Waals surface area contributed by atoms with Crippen LogP contribution >= 0.6 is 0 Å². The Bertz CT molecular complexity index is 1880. The van der Waals surface area contributed by atoms with Gasteiger partial charge in [-0.25, -0.2) is 17.3 Å². The third kappa shape index (κ3) is 5.30. The Morgan fingerprint density at radius 1 is 1.05 bits per heavy atom. The Morgan fingerprint density at radius 3 is 2.54 bits per heavy atom. The number of aryl methyl sites for hydroxylation is 1. The molecule has 1 atom stereocenters. The highest BCUT2D eigenvalue weighted by molar-refractivity contribution is 7.91. The molecule has 1 aliphatic rings. The summed E-state index contributed by atoms with van der Waals surface area (Å²) in [5.41, 5.74) is 5.57. The lowest BCUT2D eigenvalue weighted by molar-refractivity contribution is -0.119. The van der Waals surface area contributed by atoms with Crippen LogP contribution in [0.15, 0.2) is 83.9 Å². The first-order valence-electron chi connectivity index (χ1n) is 13.1. The van der Waals surface area contributed by atoms with E-state index in [0.29, 0.717) is 34.3 Å². The number of sulfone groups is 1. The molecule has 3 aromatic carbocycles. The number of halogens is 1. The van der Waals surface area contributed by atoms with Crippen LogP contribution in [0.25, 0.3) is 16.8 Å². The van der Waals surface area contributed by atoms with Crippen molar-refractivity contribution in [2.24, 2.45) is 0 Å². The second-order valence-electron chi connectivity index (χ2n) is 10.1. The number of carbonyl (C=O) groups excluding carboxylic acids is 1. The van der Waals surface area contributed by atoms with Gasteiger partial charge >= 0.3 is 0 Å². The third-order valence-electron chi connectivity index (χ3n) is 7.46. The first-order chi connectivity index (χ1) is 19.7. The molecule has 0 saturated heterocycles. The fraction of sp³-hybridized carbons (Fsp3) is 0.194. The minimum Gasteiger partial charge on any atom is -0.495 e. The summed E-state index contributed by atoms with van der Waals surface area (Å²) in [5, 5.41) is 7.66. The van der Waals surface area contributed by atoms with Crippen molar-refractivity contribution < 1.29 is 22.3 Å². The maximum atomic E-state index is 13.2. The normalized spacial score (nSPS) is 14.5. The van der Waals surface area contributed by atoms with E-state index in [1.54, 1.807) is 28.8 Å². The quantitative estimate of drug-likeness (QED) is 0.262. The molecule has 8 nitrogen and oxygen atoms in total. The molecule has 41 heavy (non-hydrogen) atoms. The van der Waals surface area contributed by atoms with Crippen LogP contribution in [0.1, 0.15) is 29.5 Å². The van der Waals surface area contributed by atoms with Gasteiger partial charge in [0.25, 0.3) is 0 Å². The van der Waals surface area contributed by atoms with Crippen LogP contribution in [-0.4, -0.2) is 41.7 Å². The lowest BCUT2D eigenvalue weighted by atomic mass is 9.92. The minimum absolute atomic E-state index is 0.0656. The van der Waals surface area contributed by atoms with Crippen molar-refractivity contribution in [2.75, 3.05) is 18.2 Å². The average Bonchev–Trinajstić information content (AvgIpc) is 3.51. The Balaban J connectivity index is 1.18. The number of carbonyl (C=O) groups is 1. The predicted molar refractivity (Wildman–Crippen MR) is 154 cm³/mol. The average molecular weight is 571 g/mol. The van der Waals surface area contributed by atoms with E-state index in [2.05, 4.69) is 15.4 Å². The summed E-state index contributed by atoms with van der Waals surface area (Å²) in [6, 6.07) is 21.0. The zero-order chi connectivity index (χ0) is 28.7. The molecule has 10 heteroatoms. The Kier molecular flexibility index (Phi) is 6.78. The fourth-order valence-corrected chi connectivity index (χ4v) is 6.61. The molecule has 0 amide bonds. The Labute approximate surface area is 236 Å². The Hall–Kier alpha value is -4.57. The van der Waals surface area contributed by atoms with Gasteiger partial charge in [-0.15, -0.1) is 5.10 Å². The van der Waals surface area contributed by atoms with Gasteiger partial charge in [0.05, 0.1) is 23.4 Å². The third-order valence-corrected chi connectivity index (χ3v) is 9.25. The van der Waals surface area contributed by atoms with Crippen molar-refractivity contribution in [1.82, 2.24) is 14.6 Å². The zero-order valence-electron chi connectivity index (χ0n) is 22.5. The number of aromatic nitrogens is 3. The van der Waals surface area contributed by atoms with Gasteiger partial charge in [0, 0.05) is 24.6 Å². The SMILES string of the molecule is COc1cc2c(cc1Nc1nc3cc(-c4ccc(CC(=O)[C@H](C)c5ccc(F)cc5)cc4)ccn3n1)CCS2(=O)=O. The summed E-state index contributed by atoms with van der Waals surface area (Å²) < 4.78 is 44.9. The predicted octanol–water partition coefficient (Wildman–Crippen LogP) is 5.53. The number of nitrogens with one attached hydrogen (secondary N) is 1. The molecule has 3 heterocycles. The topological polar surface area (TPSA) is 103 Å². The number of pyridine rings is 1. The van der Waals surface area contributed by atoms with Crippen LogP contribution < -0.4 is 10.1 Å². The molecule has 0 radical (unpaired) electrons. The van der Waals surface area contributed by atoms with Crippen molar-refractivity contribution in [3.8, 4) is 16.9 Å². The molecule has 0 fully saturated rings. The Morgan fingerprint density at radius 2 is 1.80 bits per heavy atom. The van der Waals surface area contributed by atoms with Gasteiger partial charge < -0.3 is 10.1 Å². The number of nitrogens with zero attached hydrogens (tertiary/aromatic N) is 3. The summed E-state index contributed by atoms with van der Waals surface area (Å²) in [7, 11) is -1.79. The molecule has 0 spiro atoms. The second kappa shape index (κ2) is 10.4. The van der Waals surface area contributed by atoms with E-state index in [0.717, 1.165) is 27.8 Å². The first-order valence-corrected chi connectivity index (χ1v) is 14.8. The summed E-state index contributed by atoms with van der Waals surface area (Å²) in [4.78, 5) is 17.7. The first kappa shape index (κ1) is 26.6. The summed E-state index contributed by atoms with van der Waals surface area (Å²) in [6.07, 6.45) is 2.56. The number of methoxy groups -OCH3 is 1. The van der Waals surface area contributed by atoms with Gasteiger partial charge in [-0.2, -0.15) is 4.98 Å². The largest absolute Gasteiger partial charge is 0.495 e. The standard InChI is InChI=1S/C31H27FN4O4S/c1-19(21-7-9-25(32)10-8-21)27(37)15-20-3-5-22(6-4-20)23-11-13-36-30(17-23)34-31(35-36)33-26-16-24-12-14-41(38,39)29(24)18-28(26)40-2/h3-11,13,16-19H,12,14-15H2,1-2H3,(H,33,35)/t19-/m1/s1. The number of ether oxygens (including phenoxy) is 1. The lowest BCUT2D eigenvalue weighted by Gasteiger charge is -2.11. The van der Waals surface area contributed by atoms with Gasteiger partial charge in [-0.3, -0.25) is 4.79 Å². The van der Waals surface area contributed by atoms with Crippen LogP contribution in [0.3, 0.4) is 0 Å². The van der Waals surface area contributed by atoms with E-state index in [-0.39, 0.29) is 29.7 Å². The van der Waals surface area contributed by atoms with Crippen molar-refractivity contribution in [3.05, 3.63) is 102 Å². The molecule has 0 saturated carbocycles. The van der Waals surface area contributed by atoms with Crippen molar-refractivity contribution >= 4 is 32.9 Å². The number of hydrogen-bond acceptors (Lipinski definition) is 7. The number of Topliss-reactive ketones (excluding diaryl/α,β-unsaturated/α-hetero) is 1. The monoisotopic (exact) mass is 570 g/mol. The zero-order valence-corrected chi connectivity index (χ0v) is 23.3. The van der Waals surface area contributed by atoms with E-state index in [1.165, 1.54) is 19.2 Å². The van der Waals surface area contributed by atoms with Crippen molar-refractivity contribution in [3.63, 3.8) is 0 Å². The lowest BCUT2D eigenvalue weighted by Crippen LogP contribution is -2.12. The molecule has 1 aliphatic heterocycles. The van der Waals surface area contributed by atoms with E-state index in [1.807, 2.05) is 49.5 Å². The molecule has 208 valence electrons. The molecule has 5 aromatic rings. The molecule has 1 N–H and O–H groups in total. The van der Waals surface area contributed by atoms with Gasteiger partial charge in [0.15, 0.2) is 15.5 Å². The minimum atomic E-state index is -3.28. The summed E-state index contributed by atoms with van der Waals surface area (Å²) in [5.74, 6) is 0.273. The van der Waals surface area contributed by atoms with E-state index < -0.39 is 9.84 Å². The van der Waals surface area contributed by atoms with Crippen LogP contribution in [-0.2, 0) is 27.5 Å². The highest BCUT2D eigenvalue weighted by atomic mass is 32.2. The highest BCUT2D eigenvalue weighted by Crippen LogP contribution is 2.36. The van der Waals surface area contributed by atoms with Crippen LogP contribution in [0, 0.1) is 5.82 Å².